The van der Waals surface area contributed by atoms with Crippen LogP contribution in [0, 0.1) is 0 Å². The molecule has 1 aromatic carbocycles. The first kappa shape index (κ1) is 18.3. The van der Waals surface area contributed by atoms with Crippen molar-refractivity contribution < 1.29 is 19.4 Å². The Hall–Kier alpha value is -3.12. The van der Waals surface area contributed by atoms with Gasteiger partial charge in [-0.2, -0.15) is 0 Å². The van der Waals surface area contributed by atoms with Crippen LogP contribution in [0.2, 0.25) is 0 Å². The second kappa shape index (κ2) is 7.13. The van der Waals surface area contributed by atoms with E-state index in [1.165, 1.54) is 13.4 Å². The largest absolute Gasteiger partial charge is 0.493 e. The lowest BCUT2D eigenvalue weighted by molar-refractivity contribution is -0.136. The maximum atomic E-state index is 12.3. The number of fused-ring (bicyclic) bond motifs is 3. The molecule has 1 aliphatic rings. The lowest BCUT2D eigenvalue weighted by atomic mass is 9.91. The molecule has 0 bridgehead atoms. The van der Waals surface area contributed by atoms with E-state index in [1.54, 1.807) is 6.20 Å². The molecule has 1 aliphatic heterocycles. The van der Waals surface area contributed by atoms with Crippen LogP contribution in [0.15, 0.2) is 59.5 Å². The zero-order chi connectivity index (χ0) is 19.8. The van der Waals surface area contributed by atoms with Gasteiger partial charge < -0.3 is 19.1 Å². The normalized spacial score (nSPS) is 17.0. The third-order valence-corrected chi connectivity index (χ3v) is 5.40. The summed E-state index contributed by atoms with van der Waals surface area (Å²) in [6.45, 7) is 1.65. The van der Waals surface area contributed by atoms with E-state index in [4.69, 9.17) is 9.47 Å². The summed E-state index contributed by atoms with van der Waals surface area (Å²) in [4.78, 5) is 16.9. The Morgan fingerprint density at radius 2 is 2.07 bits per heavy atom. The molecule has 1 atom stereocenters. The molecule has 2 aromatic heterocycles. The third-order valence-electron chi connectivity index (χ3n) is 5.40. The summed E-state index contributed by atoms with van der Waals surface area (Å²) in [5.74, 6) is -0.489. The van der Waals surface area contributed by atoms with E-state index < -0.39 is 5.97 Å². The molecule has 0 saturated carbocycles. The van der Waals surface area contributed by atoms with Gasteiger partial charge in [0.15, 0.2) is 0 Å². The zero-order valence-corrected chi connectivity index (χ0v) is 16.1. The number of aryl methyl sites for hydroxylation is 1. The van der Waals surface area contributed by atoms with Crippen molar-refractivity contribution in [3.8, 4) is 0 Å². The Bertz CT molecular complexity index is 1140. The van der Waals surface area contributed by atoms with Crippen molar-refractivity contribution in [3.05, 3.63) is 65.2 Å². The standard InChI is InChI=1S/C22H22N2O4/c1-13-17(11-25)16(18(12-28-13)22(26)27-3)10-19-21-15(8-9-23-19)14-6-4-5-7-20(14)24(21)2/h4-9,12-13,25H,10-11H2,1-3H3. The van der Waals surface area contributed by atoms with Gasteiger partial charge in [0.25, 0.3) is 0 Å². The molecule has 0 saturated heterocycles. The van der Waals surface area contributed by atoms with Crippen molar-refractivity contribution in [2.75, 3.05) is 13.7 Å². The maximum absolute atomic E-state index is 12.3. The van der Waals surface area contributed by atoms with Crippen LogP contribution in [0.4, 0.5) is 0 Å². The van der Waals surface area contributed by atoms with Crippen LogP contribution in [0.5, 0.6) is 0 Å². The van der Waals surface area contributed by atoms with Crippen LogP contribution in [-0.2, 0) is 27.7 Å². The monoisotopic (exact) mass is 378 g/mol. The lowest BCUT2D eigenvalue weighted by Crippen LogP contribution is -2.24. The van der Waals surface area contributed by atoms with Crippen LogP contribution in [0.25, 0.3) is 21.8 Å². The first-order valence-electron chi connectivity index (χ1n) is 9.15. The van der Waals surface area contributed by atoms with Crippen molar-refractivity contribution in [3.63, 3.8) is 0 Å². The minimum atomic E-state index is -0.489. The van der Waals surface area contributed by atoms with Crippen molar-refractivity contribution in [2.24, 2.45) is 7.05 Å². The number of esters is 1. The quantitative estimate of drug-likeness (QED) is 0.707. The number of aliphatic hydroxyl groups excluding tert-OH is 1. The van der Waals surface area contributed by atoms with E-state index in [1.807, 2.05) is 32.2 Å². The number of aromatic nitrogens is 2. The Morgan fingerprint density at radius 1 is 1.29 bits per heavy atom. The van der Waals surface area contributed by atoms with Gasteiger partial charge >= 0.3 is 5.97 Å². The number of nitrogens with zero attached hydrogens (tertiary/aromatic N) is 2. The molecule has 1 N–H and O–H groups in total. The fourth-order valence-corrected chi connectivity index (χ4v) is 3.96. The van der Waals surface area contributed by atoms with Crippen molar-refractivity contribution >= 4 is 27.8 Å². The summed E-state index contributed by atoms with van der Waals surface area (Å²) in [6, 6.07) is 10.2. The summed E-state index contributed by atoms with van der Waals surface area (Å²) in [7, 11) is 3.35. The molecule has 0 aliphatic carbocycles. The summed E-state index contributed by atoms with van der Waals surface area (Å²) in [6.07, 6.45) is 3.28. The van der Waals surface area contributed by atoms with Gasteiger partial charge in [0, 0.05) is 36.0 Å². The number of aliphatic hydroxyl groups is 1. The highest BCUT2D eigenvalue weighted by molar-refractivity contribution is 6.08. The SMILES string of the molecule is COC(=O)C1=COC(C)C(CO)=C1Cc1nccc2c3ccccc3n(C)c12. The van der Waals surface area contributed by atoms with E-state index in [9.17, 15) is 9.90 Å². The number of hydrogen-bond acceptors (Lipinski definition) is 5. The molecule has 4 rings (SSSR count). The van der Waals surface area contributed by atoms with Crippen molar-refractivity contribution in [2.45, 2.75) is 19.4 Å². The maximum Gasteiger partial charge on any atom is 0.341 e. The predicted octanol–water partition coefficient (Wildman–Crippen LogP) is 3.03. The number of hydrogen-bond donors (Lipinski definition) is 1. The van der Waals surface area contributed by atoms with Crippen LogP contribution in [-0.4, -0.2) is 40.4 Å². The summed E-state index contributed by atoms with van der Waals surface area (Å²) >= 11 is 0. The van der Waals surface area contributed by atoms with Crippen LogP contribution >= 0.6 is 0 Å². The van der Waals surface area contributed by atoms with Crippen molar-refractivity contribution in [1.82, 2.24) is 9.55 Å². The molecular weight excluding hydrogens is 356 g/mol. The Kier molecular flexibility index (Phi) is 4.65. The zero-order valence-electron chi connectivity index (χ0n) is 16.1. The number of pyridine rings is 1. The Morgan fingerprint density at radius 3 is 2.82 bits per heavy atom. The molecule has 0 amide bonds. The average molecular weight is 378 g/mol. The highest BCUT2D eigenvalue weighted by Crippen LogP contribution is 2.33. The number of carbonyl (C=O) groups is 1. The minimum Gasteiger partial charge on any atom is -0.493 e. The van der Waals surface area contributed by atoms with Gasteiger partial charge in [-0.25, -0.2) is 4.79 Å². The second-order valence-electron chi connectivity index (χ2n) is 6.87. The van der Waals surface area contributed by atoms with Gasteiger partial charge in [0.05, 0.1) is 36.8 Å². The number of ether oxygens (including phenoxy) is 2. The van der Waals surface area contributed by atoms with Crippen LogP contribution in [0.3, 0.4) is 0 Å². The topological polar surface area (TPSA) is 73.6 Å². The Balaban J connectivity index is 1.91. The number of carbonyl (C=O) groups excluding carboxylic acids is 1. The van der Waals surface area contributed by atoms with Gasteiger partial charge in [-0.15, -0.1) is 0 Å². The number of methoxy groups -OCH3 is 1. The van der Waals surface area contributed by atoms with Gasteiger partial charge in [-0.3, -0.25) is 4.98 Å². The van der Waals surface area contributed by atoms with Gasteiger partial charge in [0.2, 0.25) is 0 Å². The van der Waals surface area contributed by atoms with E-state index in [0.717, 1.165) is 27.5 Å². The van der Waals surface area contributed by atoms with Crippen LogP contribution in [0.1, 0.15) is 12.6 Å². The molecule has 0 radical (unpaired) electrons. The molecule has 3 aromatic rings. The number of para-hydroxylation sites is 1. The molecule has 0 fully saturated rings. The molecule has 6 nitrogen and oxygen atoms in total. The predicted molar refractivity (Wildman–Crippen MR) is 107 cm³/mol. The highest BCUT2D eigenvalue weighted by Gasteiger charge is 2.28. The van der Waals surface area contributed by atoms with Crippen molar-refractivity contribution in [1.29, 1.82) is 0 Å². The fourth-order valence-electron chi connectivity index (χ4n) is 3.96. The van der Waals surface area contributed by atoms with E-state index in [-0.39, 0.29) is 12.7 Å². The smallest absolute Gasteiger partial charge is 0.341 e. The molecule has 144 valence electrons. The van der Waals surface area contributed by atoms with E-state index in [2.05, 4.69) is 21.7 Å². The average Bonchev–Trinajstić information content (AvgIpc) is 3.01. The highest BCUT2D eigenvalue weighted by atomic mass is 16.5. The van der Waals surface area contributed by atoms with E-state index >= 15 is 0 Å². The first-order chi connectivity index (χ1) is 13.6. The van der Waals surface area contributed by atoms with Gasteiger partial charge in [0.1, 0.15) is 6.10 Å². The molecule has 3 heterocycles. The van der Waals surface area contributed by atoms with Gasteiger partial charge in [-0.1, -0.05) is 18.2 Å². The summed E-state index contributed by atoms with van der Waals surface area (Å²) < 4.78 is 12.6. The Labute approximate surface area is 162 Å². The molecular formula is C22H22N2O4. The van der Waals surface area contributed by atoms with E-state index in [0.29, 0.717) is 23.1 Å². The molecule has 1 unspecified atom stereocenters. The third kappa shape index (κ3) is 2.77. The number of rotatable bonds is 4. The summed E-state index contributed by atoms with van der Waals surface area (Å²) in [5.41, 5.74) is 4.66. The fraction of sp³-hybridized carbons (Fsp3) is 0.273. The van der Waals surface area contributed by atoms with Gasteiger partial charge in [-0.05, 0) is 30.2 Å². The first-order valence-corrected chi connectivity index (χ1v) is 9.15. The molecule has 6 heteroatoms. The summed E-state index contributed by atoms with van der Waals surface area (Å²) in [5, 5.41) is 12.2. The number of benzene rings is 1. The lowest BCUT2D eigenvalue weighted by Gasteiger charge is -2.25. The molecule has 0 spiro atoms. The minimum absolute atomic E-state index is 0.198. The van der Waals surface area contributed by atoms with Crippen LogP contribution < -0.4 is 0 Å². The second-order valence-corrected chi connectivity index (χ2v) is 6.87. The molecule has 28 heavy (non-hydrogen) atoms.